The highest BCUT2D eigenvalue weighted by molar-refractivity contribution is 5.46. The summed E-state index contributed by atoms with van der Waals surface area (Å²) in [5.41, 5.74) is 0. The fourth-order valence-electron chi connectivity index (χ4n) is 1.97. The molecule has 1 saturated carbocycles. The van der Waals surface area contributed by atoms with E-state index >= 15 is 0 Å². The van der Waals surface area contributed by atoms with Crippen molar-refractivity contribution in [3.8, 4) is 0 Å². The van der Waals surface area contributed by atoms with Crippen molar-refractivity contribution in [3.63, 3.8) is 0 Å². The Hall–Kier alpha value is -1.36. The van der Waals surface area contributed by atoms with Gasteiger partial charge in [0.05, 0.1) is 0 Å². The molecule has 0 aliphatic heterocycles. The molecular weight excluding hydrogens is 226 g/mol. The second-order valence-electron chi connectivity index (χ2n) is 4.95. The van der Waals surface area contributed by atoms with Crippen molar-refractivity contribution in [2.75, 3.05) is 30.8 Å². The Morgan fingerprint density at radius 1 is 1.33 bits per heavy atom. The predicted octanol–water partition coefficient (Wildman–Crippen LogP) is 1.80. The largest absolute Gasteiger partial charge is 0.370 e. The van der Waals surface area contributed by atoms with Crippen LogP contribution in [-0.2, 0) is 0 Å². The van der Waals surface area contributed by atoms with E-state index in [1.165, 1.54) is 12.8 Å². The summed E-state index contributed by atoms with van der Waals surface area (Å²) in [5.74, 6) is 1.76. The van der Waals surface area contributed by atoms with Gasteiger partial charge in [-0.05, 0) is 33.7 Å². The van der Waals surface area contributed by atoms with Crippen LogP contribution in [0.15, 0.2) is 12.4 Å². The lowest BCUT2D eigenvalue weighted by molar-refractivity contribution is 0.257. The second-order valence-corrected chi connectivity index (χ2v) is 4.95. The number of likely N-dealkylation sites (N-methyl/N-ethyl adjacent to an activating group) is 1. The summed E-state index contributed by atoms with van der Waals surface area (Å²) >= 11 is 0. The Kier molecular flexibility index (Phi) is 4.36. The van der Waals surface area contributed by atoms with Crippen molar-refractivity contribution in [2.45, 2.75) is 38.8 Å². The highest BCUT2D eigenvalue weighted by atomic mass is 15.2. The molecule has 0 radical (unpaired) electrons. The van der Waals surface area contributed by atoms with Crippen LogP contribution in [0.3, 0.4) is 0 Å². The molecule has 2 N–H and O–H groups in total. The molecule has 1 fully saturated rings. The Bertz CT molecular complexity index is 377. The first kappa shape index (κ1) is 13.1. The number of rotatable bonds is 7. The number of aromatic nitrogens is 2. The van der Waals surface area contributed by atoms with Crippen LogP contribution in [0.5, 0.6) is 0 Å². The van der Waals surface area contributed by atoms with E-state index < -0.39 is 0 Å². The van der Waals surface area contributed by atoms with Gasteiger partial charge in [-0.25, -0.2) is 9.97 Å². The summed E-state index contributed by atoms with van der Waals surface area (Å²) in [7, 11) is 2.20. The van der Waals surface area contributed by atoms with E-state index in [1.54, 1.807) is 6.33 Å². The van der Waals surface area contributed by atoms with Crippen molar-refractivity contribution >= 4 is 11.6 Å². The fraction of sp³-hybridized carbons (Fsp3) is 0.692. The van der Waals surface area contributed by atoms with Gasteiger partial charge in [0, 0.05) is 31.2 Å². The van der Waals surface area contributed by atoms with E-state index in [9.17, 15) is 0 Å². The molecule has 1 aromatic heterocycles. The van der Waals surface area contributed by atoms with E-state index in [-0.39, 0.29) is 0 Å². The number of hydrogen-bond donors (Lipinski definition) is 2. The molecule has 0 aromatic carbocycles. The van der Waals surface area contributed by atoms with Crippen LogP contribution in [0.4, 0.5) is 11.6 Å². The van der Waals surface area contributed by atoms with Crippen LogP contribution >= 0.6 is 0 Å². The van der Waals surface area contributed by atoms with Crippen LogP contribution in [-0.4, -0.2) is 47.1 Å². The Labute approximate surface area is 109 Å². The maximum Gasteiger partial charge on any atom is 0.131 e. The molecule has 1 unspecified atom stereocenters. The van der Waals surface area contributed by atoms with E-state index in [1.807, 2.05) is 6.07 Å². The van der Waals surface area contributed by atoms with Gasteiger partial charge in [0.15, 0.2) is 0 Å². The first-order valence-corrected chi connectivity index (χ1v) is 6.72. The normalized spacial score (nSPS) is 16.7. The highest BCUT2D eigenvalue weighted by Crippen LogP contribution is 2.26. The molecule has 18 heavy (non-hydrogen) atoms. The van der Waals surface area contributed by atoms with E-state index in [0.29, 0.717) is 6.04 Å². The zero-order chi connectivity index (χ0) is 13.0. The van der Waals surface area contributed by atoms with Gasteiger partial charge in [0.25, 0.3) is 0 Å². The molecule has 1 heterocycles. The van der Waals surface area contributed by atoms with Crippen molar-refractivity contribution in [1.82, 2.24) is 14.9 Å². The van der Waals surface area contributed by atoms with E-state index in [2.05, 4.69) is 46.4 Å². The molecule has 0 saturated heterocycles. The van der Waals surface area contributed by atoms with E-state index in [4.69, 9.17) is 0 Å². The lowest BCUT2D eigenvalue weighted by atomic mass is 10.3. The summed E-state index contributed by atoms with van der Waals surface area (Å²) < 4.78 is 0. The van der Waals surface area contributed by atoms with Gasteiger partial charge in [-0.15, -0.1) is 0 Å². The van der Waals surface area contributed by atoms with Crippen molar-refractivity contribution in [2.24, 2.45) is 0 Å². The number of hydrogen-bond acceptors (Lipinski definition) is 5. The van der Waals surface area contributed by atoms with Crippen LogP contribution in [0.1, 0.15) is 26.7 Å². The first-order chi connectivity index (χ1) is 8.70. The van der Waals surface area contributed by atoms with Crippen molar-refractivity contribution in [3.05, 3.63) is 12.4 Å². The third kappa shape index (κ3) is 3.57. The zero-order valence-electron chi connectivity index (χ0n) is 11.5. The highest BCUT2D eigenvalue weighted by Gasteiger charge is 2.28. The Morgan fingerprint density at radius 2 is 2.00 bits per heavy atom. The predicted molar refractivity (Wildman–Crippen MR) is 74.9 cm³/mol. The SMILES string of the molecule is CCNc1cc(NCC(C)N(C)C2CC2)ncn1. The smallest absolute Gasteiger partial charge is 0.131 e. The lowest BCUT2D eigenvalue weighted by Crippen LogP contribution is -2.36. The Morgan fingerprint density at radius 3 is 2.61 bits per heavy atom. The standard InChI is InChI=1S/C13H23N5/c1-4-14-12-7-13(17-9-16-12)15-8-10(2)18(3)11-5-6-11/h7,9-11H,4-6,8H2,1-3H3,(H2,14,15,16,17). The molecule has 1 aliphatic carbocycles. The van der Waals surface area contributed by atoms with Gasteiger partial charge in [-0.1, -0.05) is 0 Å². The summed E-state index contributed by atoms with van der Waals surface area (Å²) in [6, 6.07) is 3.27. The zero-order valence-corrected chi connectivity index (χ0v) is 11.5. The maximum atomic E-state index is 4.23. The monoisotopic (exact) mass is 249 g/mol. The van der Waals surface area contributed by atoms with Crippen molar-refractivity contribution < 1.29 is 0 Å². The van der Waals surface area contributed by atoms with Gasteiger partial charge in [0.1, 0.15) is 18.0 Å². The third-order valence-electron chi connectivity index (χ3n) is 3.42. The maximum absolute atomic E-state index is 4.23. The number of nitrogens with zero attached hydrogens (tertiary/aromatic N) is 3. The molecule has 0 spiro atoms. The summed E-state index contributed by atoms with van der Waals surface area (Å²) in [6.45, 7) is 6.09. The van der Waals surface area contributed by atoms with Gasteiger partial charge < -0.3 is 10.6 Å². The number of nitrogens with one attached hydrogen (secondary N) is 2. The summed E-state index contributed by atoms with van der Waals surface area (Å²) in [5, 5.41) is 6.56. The van der Waals surface area contributed by atoms with Gasteiger partial charge in [0.2, 0.25) is 0 Å². The van der Waals surface area contributed by atoms with Gasteiger partial charge in [-0.3, -0.25) is 4.90 Å². The molecule has 0 amide bonds. The molecule has 5 heteroatoms. The van der Waals surface area contributed by atoms with Crippen molar-refractivity contribution in [1.29, 1.82) is 0 Å². The quantitative estimate of drug-likeness (QED) is 0.772. The van der Waals surface area contributed by atoms with Crippen LogP contribution < -0.4 is 10.6 Å². The molecule has 100 valence electrons. The van der Waals surface area contributed by atoms with Crippen LogP contribution in [0.25, 0.3) is 0 Å². The molecular formula is C13H23N5. The van der Waals surface area contributed by atoms with Gasteiger partial charge in [-0.2, -0.15) is 0 Å². The van der Waals surface area contributed by atoms with Crippen LogP contribution in [0.2, 0.25) is 0 Å². The minimum absolute atomic E-state index is 0.523. The minimum Gasteiger partial charge on any atom is -0.370 e. The molecule has 0 bridgehead atoms. The Balaban J connectivity index is 1.83. The fourth-order valence-corrected chi connectivity index (χ4v) is 1.97. The first-order valence-electron chi connectivity index (χ1n) is 6.72. The van der Waals surface area contributed by atoms with E-state index in [0.717, 1.165) is 30.8 Å². The lowest BCUT2D eigenvalue weighted by Gasteiger charge is -2.24. The molecule has 5 nitrogen and oxygen atoms in total. The number of anilines is 2. The average Bonchev–Trinajstić information content (AvgIpc) is 3.20. The minimum atomic E-state index is 0.523. The second kappa shape index (κ2) is 6.00. The molecule has 1 aromatic rings. The average molecular weight is 249 g/mol. The third-order valence-corrected chi connectivity index (χ3v) is 3.42. The molecule has 1 atom stereocenters. The summed E-state index contributed by atoms with van der Waals surface area (Å²) in [6.07, 6.45) is 4.29. The molecule has 1 aliphatic rings. The molecule has 2 rings (SSSR count). The summed E-state index contributed by atoms with van der Waals surface area (Å²) in [4.78, 5) is 10.8. The topological polar surface area (TPSA) is 53.1 Å². The van der Waals surface area contributed by atoms with Gasteiger partial charge >= 0.3 is 0 Å². The van der Waals surface area contributed by atoms with Crippen LogP contribution in [0, 0.1) is 0 Å².